The molecule has 0 aliphatic carbocycles. The second-order valence-corrected chi connectivity index (χ2v) is 6.95. The first kappa shape index (κ1) is 16.1. The van der Waals surface area contributed by atoms with Crippen LogP contribution in [0.5, 0.6) is 0 Å². The first-order valence-electron chi connectivity index (χ1n) is 7.84. The topological polar surface area (TPSA) is 53.9 Å². The van der Waals surface area contributed by atoms with Crippen LogP contribution in [0, 0.1) is 4.77 Å². The fourth-order valence-corrected chi connectivity index (χ4v) is 3.84. The van der Waals surface area contributed by atoms with Crippen molar-refractivity contribution in [1.29, 1.82) is 0 Å². The molecule has 7 heteroatoms. The molecule has 0 saturated carbocycles. The van der Waals surface area contributed by atoms with Crippen molar-refractivity contribution >= 4 is 35.5 Å². The summed E-state index contributed by atoms with van der Waals surface area (Å²) in [5, 5.41) is 9.27. The highest BCUT2D eigenvalue weighted by atomic mass is 32.1. The van der Waals surface area contributed by atoms with Gasteiger partial charge in [-0.15, -0.1) is 11.3 Å². The van der Waals surface area contributed by atoms with E-state index in [2.05, 4.69) is 17.1 Å². The molecule has 3 rings (SSSR count). The molecule has 3 heterocycles. The van der Waals surface area contributed by atoms with Crippen LogP contribution in [0.4, 0.5) is 0 Å². The van der Waals surface area contributed by atoms with Gasteiger partial charge in [-0.3, -0.25) is 9.89 Å². The van der Waals surface area contributed by atoms with Crippen molar-refractivity contribution in [3.63, 3.8) is 0 Å². The lowest BCUT2D eigenvalue weighted by Gasteiger charge is -2.30. The van der Waals surface area contributed by atoms with Crippen molar-refractivity contribution in [2.24, 2.45) is 0 Å². The Hall–Kier alpha value is -1.73. The van der Waals surface area contributed by atoms with E-state index >= 15 is 0 Å². The minimum absolute atomic E-state index is 0.0891. The first-order valence-corrected chi connectivity index (χ1v) is 9.13. The summed E-state index contributed by atoms with van der Waals surface area (Å²) in [5.41, 5.74) is 0. The van der Waals surface area contributed by atoms with Gasteiger partial charge in [-0.1, -0.05) is 6.07 Å². The summed E-state index contributed by atoms with van der Waals surface area (Å²) in [6, 6.07) is 3.99. The molecular weight excluding hydrogens is 328 g/mol. The van der Waals surface area contributed by atoms with Crippen LogP contribution in [0.25, 0.3) is 6.08 Å². The van der Waals surface area contributed by atoms with Crippen LogP contribution < -0.4 is 0 Å². The Balaban J connectivity index is 1.60. The maximum absolute atomic E-state index is 12.3. The number of hydrogen-bond acceptors (Lipinski definition) is 4. The third-order valence-electron chi connectivity index (χ3n) is 4.21. The summed E-state index contributed by atoms with van der Waals surface area (Å²) >= 11 is 6.89. The molecule has 1 fully saturated rings. The number of aromatic amines is 1. The van der Waals surface area contributed by atoms with Crippen LogP contribution >= 0.6 is 23.6 Å². The highest BCUT2D eigenvalue weighted by Crippen LogP contribution is 2.27. The van der Waals surface area contributed by atoms with Crippen molar-refractivity contribution < 1.29 is 4.79 Å². The fourth-order valence-electron chi connectivity index (χ4n) is 2.95. The number of piperidine rings is 1. The minimum atomic E-state index is 0.0891. The minimum Gasteiger partial charge on any atom is -0.339 e. The SMILES string of the molecule is CCn1c(C2CCN(C(=O)/C=C/c3cccs3)CC2)n[nH]c1=S. The van der Waals surface area contributed by atoms with Gasteiger partial charge in [-0.25, -0.2) is 0 Å². The number of nitrogens with one attached hydrogen (secondary N) is 1. The largest absolute Gasteiger partial charge is 0.339 e. The van der Waals surface area contributed by atoms with Crippen molar-refractivity contribution in [3.05, 3.63) is 39.1 Å². The zero-order valence-corrected chi connectivity index (χ0v) is 14.7. The molecule has 1 saturated heterocycles. The van der Waals surface area contributed by atoms with E-state index in [0.29, 0.717) is 10.7 Å². The predicted molar refractivity (Wildman–Crippen MR) is 95.0 cm³/mol. The van der Waals surface area contributed by atoms with Gasteiger partial charge in [0.05, 0.1) is 0 Å². The van der Waals surface area contributed by atoms with E-state index in [-0.39, 0.29) is 5.91 Å². The summed E-state index contributed by atoms with van der Waals surface area (Å²) in [6.45, 7) is 4.43. The van der Waals surface area contributed by atoms with Gasteiger partial charge in [0, 0.05) is 36.5 Å². The fraction of sp³-hybridized carbons (Fsp3) is 0.438. The standard InChI is InChI=1S/C16H20N4OS2/c1-2-20-15(17-18-16(20)22)12-7-9-19(10-8-12)14(21)6-5-13-4-3-11-23-13/h3-6,11-12H,2,7-10H2,1H3,(H,18,22)/b6-5+. The van der Waals surface area contributed by atoms with Crippen LogP contribution in [0.3, 0.4) is 0 Å². The van der Waals surface area contributed by atoms with Crippen LogP contribution in [0.1, 0.15) is 36.4 Å². The second-order valence-electron chi connectivity index (χ2n) is 5.58. The van der Waals surface area contributed by atoms with Crippen LogP contribution in [0.15, 0.2) is 23.6 Å². The Labute approximate surface area is 144 Å². The first-order chi connectivity index (χ1) is 11.2. The van der Waals surface area contributed by atoms with Crippen LogP contribution in [-0.2, 0) is 11.3 Å². The van der Waals surface area contributed by atoms with Gasteiger partial charge >= 0.3 is 0 Å². The molecule has 23 heavy (non-hydrogen) atoms. The molecule has 1 aliphatic rings. The summed E-state index contributed by atoms with van der Waals surface area (Å²) in [6.07, 6.45) is 5.42. The highest BCUT2D eigenvalue weighted by molar-refractivity contribution is 7.71. The molecule has 0 bridgehead atoms. The number of amides is 1. The van der Waals surface area contributed by atoms with Crippen molar-refractivity contribution in [2.45, 2.75) is 32.2 Å². The van der Waals surface area contributed by atoms with Gasteiger partial charge in [0.25, 0.3) is 0 Å². The quantitative estimate of drug-likeness (QED) is 0.680. The smallest absolute Gasteiger partial charge is 0.246 e. The number of carbonyl (C=O) groups excluding carboxylic acids is 1. The lowest BCUT2D eigenvalue weighted by Crippen LogP contribution is -2.37. The Bertz CT molecular complexity index is 736. The molecule has 1 amide bonds. The van der Waals surface area contributed by atoms with E-state index in [1.807, 2.05) is 33.1 Å². The van der Waals surface area contributed by atoms with E-state index in [0.717, 1.165) is 43.2 Å². The lowest BCUT2D eigenvalue weighted by atomic mass is 9.96. The van der Waals surface area contributed by atoms with E-state index in [4.69, 9.17) is 12.2 Å². The van der Waals surface area contributed by atoms with Gasteiger partial charge in [0.2, 0.25) is 5.91 Å². The molecule has 0 spiro atoms. The van der Waals surface area contributed by atoms with E-state index < -0.39 is 0 Å². The second kappa shape index (κ2) is 7.23. The summed E-state index contributed by atoms with van der Waals surface area (Å²) in [7, 11) is 0. The van der Waals surface area contributed by atoms with E-state index in [9.17, 15) is 4.79 Å². The Morgan fingerprint density at radius 3 is 2.96 bits per heavy atom. The highest BCUT2D eigenvalue weighted by Gasteiger charge is 2.26. The molecule has 0 atom stereocenters. The van der Waals surface area contributed by atoms with Gasteiger partial charge in [-0.2, -0.15) is 5.10 Å². The summed E-state index contributed by atoms with van der Waals surface area (Å²) in [5.74, 6) is 1.48. The third-order valence-corrected chi connectivity index (χ3v) is 5.36. The van der Waals surface area contributed by atoms with Gasteiger partial charge in [0.1, 0.15) is 5.82 Å². The van der Waals surface area contributed by atoms with Crippen molar-refractivity contribution in [1.82, 2.24) is 19.7 Å². The van der Waals surface area contributed by atoms with Crippen LogP contribution in [-0.4, -0.2) is 38.7 Å². The molecule has 0 aromatic carbocycles. The maximum Gasteiger partial charge on any atom is 0.246 e. The summed E-state index contributed by atoms with van der Waals surface area (Å²) < 4.78 is 2.73. The number of carbonyl (C=O) groups is 1. The monoisotopic (exact) mass is 348 g/mol. The molecule has 2 aromatic rings. The zero-order chi connectivity index (χ0) is 16.2. The number of likely N-dealkylation sites (tertiary alicyclic amines) is 1. The number of H-pyrrole nitrogens is 1. The molecule has 5 nitrogen and oxygen atoms in total. The van der Waals surface area contributed by atoms with E-state index in [1.165, 1.54) is 0 Å². The molecule has 0 unspecified atom stereocenters. The maximum atomic E-state index is 12.3. The molecule has 2 aromatic heterocycles. The molecular formula is C16H20N4OS2. The van der Waals surface area contributed by atoms with E-state index in [1.54, 1.807) is 17.4 Å². The number of aromatic nitrogens is 3. The van der Waals surface area contributed by atoms with Crippen molar-refractivity contribution in [2.75, 3.05) is 13.1 Å². The zero-order valence-electron chi connectivity index (χ0n) is 13.1. The summed E-state index contributed by atoms with van der Waals surface area (Å²) in [4.78, 5) is 15.3. The number of nitrogens with zero attached hydrogens (tertiary/aromatic N) is 3. The average Bonchev–Trinajstić information content (AvgIpc) is 3.22. The number of thiophene rings is 1. The number of hydrogen-bond donors (Lipinski definition) is 1. The van der Waals surface area contributed by atoms with Gasteiger partial charge in [0.15, 0.2) is 4.77 Å². The molecule has 1 N–H and O–H groups in total. The number of rotatable bonds is 4. The average molecular weight is 348 g/mol. The molecule has 1 aliphatic heterocycles. The Morgan fingerprint density at radius 2 is 2.30 bits per heavy atom. The van der Waals surface area contributed by atoms with Crippen molar-refractivity contribution in [3.8, 4) is 0 Å². The third kappa shape index (κ3) is 3.61. The normalized spacial score (nSPS) is 16.3. The Morgan fingerprint density at radius 1 is 1.52 bits per heavy atom. The predicted octanol–water partition coefficient (Wildman–Crippen LogP) is 3.44. The molecule has 122 valence electrons. The molecule has 0 radical (unpaired) electrons. The van der Waals surface area contributed by atoms with Gasteiger partial charge in [-0.05, 0) is 49.5 Å². The van der Waals surface area contributed by atoms with Gasteiger partial charge < -0.3 is 9.47 Å². The lowest BCUT2D eigenvalue weighted by molar-refractivity contribution is -0.127. The Kier molecular flexibility index (Phi) is 5.07. The van der Waals surface area contributed by atoms with Crippen LogP contribution in [0.2, 0.25) is 0 Å².